The first-order valence-corrected chi connectivity index (χ1v) is 13.4. The normalized spacial score (nSPS) is 13.2. The minimum atomic E-state index is -1.67. The Morgan fingerprint density at radius 2 is 1.92 bits per heavy atom. The maximum Gasteiger partial charge on any atom is 0.225 e. The van der Waals surface area contributed by atoms with Gasteiger partial charge < -0.3 is 16.8 Å². The van der Waals surface area contributed by atoms with E-state index in [1.54, 1.807) is 35.6 Å². The summed E-state index contributed by atoms with van der Waals surface area (Å²) >= 11 is -0.111. The molecule has 0 radical (unpaired) electrons. The predicted molar refractivity (Wildman–Crippen MR) is 148 cm³/mol. The van der Waals surface area contributed by atoms with Crippen molar-refractivity contribution in [2.45, 2.75) is 23.8 Å². The highest BCUT2D eigenvalue weighted by molar-refractivity contribution is 8.14. The number of nitrogens with two attached hydrogens (primary N) is 2. The van der Waals surface area contributed by atoms with Crippen molar-refractivity contribution in [3.63, 3.8) is 0 Å². The second kappa shape index (κ2) is 11.9. The van der Waals surface area contributed by atoms with E-state index in [1.165, 1.54) is 0 Å². The molecule has 9 nitrogen and oxygen atoms in total. The van der Waals surface area contributed by atoms with Crippen molar-refractivity contribution in [1.29, 1.82) is 5.41 Å². The summed E-state index contributed by atoms with van der Waals surface area (Å²) in [4.78, 5) is 29.5. The van der Waals surface area contributed by atoms with Gasteiger partial charge in [-0.2, -0.15) is 0 Å². The molecule has 0 fully saturated rings. The lowest BCUT2D eigenvalue weighted by Crippen LogP contribution is -2.21. The third-order valence-electron chi connectivity index (χ3n) is 5.39. The third-order valence-corrected chi connectivity index (χ3v) is 8.03. The summed E-state index contributed by atoms with van der Waals surface area (Å²) < 4.78 is 7.88. The number of amidine groups is 1. The zero-order chi connectivity index (χ0) is 25.5. The van der Waals surface area contributed by atoms with Crippen molar-refractivity contribution < 1.29 is 4.79 Å². The number of nitrogen functional groups attached to an aromatic ring is 1. The number of benzene rings is 3. The van der Waals surface area contributed by atoms with Gasteiger partial charge in [-0.3, -0.25) is 10.2 Å². The zero-order valence-corrected chi connectivity index (χ0v) is 21.1. The van der Waals surface area contributed by atoms with Crippen LogP contribution in [0.5, 0.6) is 0 Å². The quantitative estimate of drug-likeness (QED) is 0.0742. The Kier molecular flexibility index (Phi) is 8.39. The first kappa shape index (κ1) is 25.5. The fourth-order valence-electron chi connectivity index (χ4n) is 3.69. The van der Waals surface area contributed by atoms with Crippen LogP contribution in [-0.2, 0) is 11.2 Å². The number of amides is 1. The van der Waals surface area contributed by atoms with Crippen LogP contribution in [0.15, 0.2) is 82.3 Å². The molecule has 11 heteroatoms. The van der Waals surface area contributed by atoms with Gasteiger partial charge in [-0.05, 0) is 64.2 Å². The number of carbonyl (C=O) groups excluding carboxylic acids is 1. The number of hydrogen-bond donors (Lipinski definition) is 6. The molecular formula is C25H27N7O2S2. The summed E-state index contributed by atoms with van der Waals surface area (Å²) in [5.41, 5.74) is 14.2. The van der Waals surface area contributed by atoms with E-state index >= 15 is 0 Å². The molecule has 36 heavy (non-hydrogen) atoms. The average molecular weight is 522 g/mol. The van der Waals surface area contributed by atoms with Crippen LogP contribution in [0.3, 0.4) is 0 Å². The van der Waals surface area contributed by atoms with Gasteiger partial charge in [0.25, 0.3) is 0 Å². The van der Waals surface area contributed by atoms with Crippen molar-refractivity contribution in [2.75, 3.05) is 11.9 Å². The number of para-hydroxylation sites is 1. The number of rotatable bonds is 11. The highest BCUT2D eigenvalue weighted by atomic mass is 32.2. The molecule has 4 rings (SSSR count). The molecule has 0 bridgehead atoms. The zero-order valence-electron chi connectivity index (χ0n) is 19.3. The number of aromatic nitrogens is 1. The smallest absolute Gasteiger partial charge is 0.225 e. The van der Waals surface area contributed by atoms with E-state index in [0.717, 1.165) is 20.8 Å². The largest absolute Gasteiger partial charge is 0.384 e. The lowest BCUT2D eigenvalue weighted by molar-refractivity contribution is -0.116. The molecule has 186 valence electrons. The van der Waals surface area contributed by atoms with Crippen LogP contribution in [0, 0.1) is 10.3 Å². The van der Waals surface area contributed by atoms with Crippen LogP contribution in [0.25, 0.3) is 10.2 Å². The van der Waals surface area contributed by atoms with Gasteiger partial charge in [-0.25, -0.2) is 9.71 Å². The summed E-state index contributed by atoms with van der Waals surface area (Å²) in [5.74, 6) is -0.199. The van der Waals surface area contributed by atoms with E-state index in [2.05, 4.69) is 14.6 Å². The molecule has 3 aromatic carbocycles. The summed E-state index contributed by atoms with van der Waals surface area (Å²) in [5, 5.41) is 11.4. The highest BCUT2D eigenvalue weighted by Crippen LogP contribution is 2.40. The van der Waals surface area contributed by atoms with Gasteiger partial charge in [-0.1, -0.05) is 36.4 Å². The number of carbonyl (C=O) groups is 1. The summed E-state index contributed by atoms with van der Waals surface area (Å²) in [7, 11) is 0. The van der Waals surface area contributed by atoms with E-state index in [1.807, 2.05) is 48.5 Å². The Morgan fingerprint density at radius 1 is 1.11 bits per heavy atom. The van der Waals surface area contributed by atoms with E-state index in [9.17, 15) is 9.70 Å². The Morgan fingerprint density at radius 3 is 2.67 bits per heavy atom. The fourth-order valence-corrected chi connectivity index (χ4v) is 6.09. The molecule has 2 atom stereocenters. The van der Waals surface area contributed by atoms with Crippen molar-refractivity contribution in [2.24, 2.45) is 16.0 Å². The van der Waals surface area contributed by atoms with Crippen LogP contribution >= 0.6 is 22.6 Å². The Bertz CT molecular complexity index is 1360. The average Bonchev–Trinajstić information content (AvgIpc) is 3.31. The number of fused-ring (bicyclic) bond motifs is 1. The van der Waals surface area contributed by atoms with Gasteiger partial charge in [0.1, 0.15) is 10.8 Å². The number of hydrogen-bond acceptors (Lipinski definition) is 8. The van der Waals surface area contributed by atoms with E-state index < -0.39 is 11.3 Å². The van der Waals surface area contributed by atoms with Gasteiger partial charge in [0.2, 0.25) is 5.91 Å². The van der Waals surface area contributed by atoms with Crippen LogP contribution in [0.4, 0.5) is 5.69 Å². The molecule has 2 unspecified atom stereocenters. The molecule has 0 spiro atoms. The topological polar surface area (TPSA) is 159 Å². The number of thiazole rings is 1. The molecule has 1 heterocycles. The number of nitrogens with zero attached hydrogens (tertiary/aromatic N) is 2. The lowest BCUT2D eigenvalue weighted by Gasteiger charge is -2.23. The van der Waals surface area contributed by atoms with Crippen molar-refractivity contribution >= 4 is 50.3 Å². The Labute approximate surface area is 215 Å². The molecule has 1 aromatic heterocycles. The predicted octanol–water partition coefficient (Wildman–Crippen LogP) is 4.40. The summed E-state index contributed by atoms with van der Waals surface area (Å²) in [6.45, 7) is 0.254. The second-order valence-electron chi connectivity index (χ2n) is 8.05. The van der Waals surface area contributed by atoms with Crippen LogP contribution in [0.2, 0.25) is 0 Å². The van der Waals surface area contributed by atoms with Crippen LogP contribution in [-0.4, -0.2) is 23.3 Å². The molecule has 0 aliphatic carbocycles. The molecule has 4 aromatic rings. The SMILES string of the molecule is N=C(N)c1cccc(CC(N[SH](N=O)c2cccc(NC(=O)CCN)c2)c2nc3ccccc3s2)c1. The summed E-state index contributed by atoms with van der Waals surface area (Å²) in [6.07, 6.45) is 0.727. The first-order valence-electron chi connectivity index (χ1n) is 11.2. The first-order chi connectivity index (χ1) is 17.5. The highest BCUT2D eigenvalue weighted by Gasteiger charge is 2.22. The van der Waals surface area contributed by atoms with E-state index in [0.29, 0.717) is 22.6 Å². The standard InChI is InChI=1S/C25H27N7O2S2/c26-12-11-23(33)29-18-7-4-8-19(15-18)36(32-34)31-21(14-16-5-3-6-17(13-16)24(27)28)25-30-20-9-1-2-10-22(20)35-25/h1-10,13,15,21,31,36H,11-12,14,26H2,(H3,27,28)(H,29,33). The van der Waals surface area contributed by atoms with E-state index in [-0.39, 0.29) is 30.8 Å². The minimum absolute atomic E-state index is 0.00773. The molecular weight excluding hydrogens is 494 g/mol. The van der Waals surface area contributed by atoms with Crippen molar-refractivity contribution in [3.8, 4) is 0 Å². The number of nitrogens with one attached hydrogen (secondary N) is 3. The van der Waals surface area contributed by atoms with Gasteiger partial charge in [0.15, 0.2) is 0 Å². The molecule has 7 N–H and O–H groups in total. The van der Waals surface area contributed by atoms with E-state index in [4.69, 9.17) is 21.9 Å². The second-order valence-corrected chi connectivity index (χ2v) is 10.7. The molecule has 0 saturated carbocycles. The Balaban J connectivity index is 1.64. The van der Waals surface area contributed by atoms with Gasteiger partial charge in [-0.15, -0.1) is 16.2 Å². The number of anilines is 1. The molecule has 1 amide bonds. The number of thiol groups is 1. The lowest BCUT2D eigenvalue weighted by atomic mass is 10.0. The fraction of sp³-hybridized carbons (Fsp3) is 0.160. The maximum absolute atomic E-state index is 12.0. The molecule has 0 saturated heterocycles. The minimum Gasteiger partial charge on any atom is -0.384 e. The van der Waals surface area contributed by atoms with Gasteiger partial charge >= 0.3 is 0 Å². The van der Waals surface area contributed by atoms with Gasteiger partial charge in [0, 0.05) is 29.1 Å². The molecule has 0 aliphatic rings. The third kappa shape index (κ3) is 6.32. The molecule has 0 aliphatic heterocycles. The Hall–Kier alpha value is -3.64. The summed E-state index contributed by atoms with van der Waals surface area (Å²) in [6, 6.07) is 22.1. The van der Waals surface area contributed by atoms with Crippen molar-refractivity contribution in [3.05, 3.63) is 93.8 Å². The number of nitroso groups, excluding NO2 is 1. The van der Waals surface area contributed by atoms with Crippen LogP contribution in [0.1, 0.15) is 28.6 Å². The van der Waals surface area contributed by atoms with Crippen LogP contribution < -0.4 is 21.5 Å². The van der Waals surface area contributed by atoms with Crippen molar-refractivity contribution in [1.82, 2.24) is 9.71 Å². The maximum atomic E-state index is 12.0. The monoisotopic (exact) mass is 521 g/mol. The van der Waals surface area contributed by atoms with Gasteiger partial charge in [0.05, 0.1) is 16.3 Å².